The van der Waals surface area contributed by atoms with Crippen molar-refractivity contribution in [2.75, 3.05) is 5.32 Å². The number of aromatic nitrogens is 1. The Kier molecular flexibility index (Phi) is 4.70. The molecule has 2 aromatic heterocycles. The van der Waals surface area contributed by atoms with Crippen molar-refractivity contribution in [2.45, 2.75) is 6.92 Å². The molecule has 0 fully saturated rings. The van der Waals surface area contributed by atoms with E-state index in [-0.39, 0.29) is 22.0 Å². The van der Waals surface area contributed by atoms with Gasteiger partial charge in [0.1, 0.15) is 11.1 Å². The predicted octanol–water partition coefficient (Wildman–Crippen LogP) is 4.80. The number of carbonyl (C=O) groups is 2. The lowest BCUT2D eigenvalue weighted by Gasteiger charge is -2.07. The molecule has 152 valence electrons. The van der Waals surface area contributed by atoms with Crippen molar-refractivity contribution in [1.29, 1.82) is 0 Å². The first-order chi connectivity index (χ1) is 14.3. The lowest BCUT2D eigenvalue weighted by molar-refractivity contribution is 0.0699. The van der Waals surface area contributed by atoms with Crippen LogP contribution in [0.5, 0.6) is 5.75 Å². The number of fused-ring (bicyclic) bond motifs is 1. The van der Waals surface area contributed by atoms with Crippen LogP contribution in [-0.2, 0) is 0 Å². The van der Waals surface area contributed by atoms with E-state index in [4.69, 9.17) is 4.42 Å². The molecule has 0 saturated carbocycles. The number of carbonyl (C=O) groups excluding carboxylic acids is 1. The van der Waals surface area contributed by atoms with Crippen molar-refractivity contribution >= 4 is 40.0 Å². The maximum absolute atomic E-state index is 14.3. The van der Waals surface area contributed by atoms with Gasteiger partial charge < -0.3 is 19.9 Å². The number of thiophene rings is 1. The first-order valence-electron chi connectivity index (χ1n) is 8.47. The van der Waals surface area contributed by atoms with Crippen LogP contribution in [0, 0.1) is 18.6 Å². The molecule has 0 spiro atoms. The van der Waals surface area contributed by atoms with Gasteiger partial charge in [0.05, 0.1) is 10.6 Å². The number of nitrogens with one attached hydrogen (secondary N) is 1. The molecule has 0 saturated heterocycles. The van der Waals surface area contributed by atoms with Gasteiger partial charge in [0.2, 0.25) is 0 Å². The van der Waals surface area contributed by atoms with E-state index in [0.717, 1.165) is 29.0 Å². The summed E-state index contributed by atoms with van der Waals surface area (Å²) in [5, 5.41) is 22.8. The van der Waals surface area contributed by atoms with Crippen molar-refractivity contribution in [3.63, 3.8) is 0 Å². The zero-order chi connectivity index (χ0) is 21.6. The average Bonchev–Trinajstić information content (AvgIpc) is 3.30. The van der Waals surface area contributed by atoms with E-state index in [2.05, 4.69) is 10.3 Å². The van der Waals surface area contributed by atoms with Gasteiger partial charge in [-0.05, 0) is 36.8 Å². The number of benzene rings is 2. The number of nitrogens with zero attached hydrogens (tertiary/aromatic N) is 1. The van der Waals surface area contributed by atoms with Crippen LogP contribution in [0.25, 0.3) is 21.5 Å². The Balaban J connectivity index is 1.72. The van der Waals surface area contributed by atoms with Gasteiger partial charge in [-0.3, -0.25) is 4.79 Å². The van der Waals surface area contributed by atoms with Crippen LogP contribution in [0.1, 0.15) is 26.6 Å². The highest BCUT2D eigenvalue weighted by Gasteiger charge is 2.26. The monoisotopic (exact) mass is 430 g/mol. The standard InChI is InChI=1S/C20H12F2N2O5S/c1-8-2-5-13-11(6-8)24-19(29-13)18(26)23-12-7-30-17(14(12)20(27)28)9-3-4-10(21)16(25)15(9)22/h2-7,25H,1H3,(H,23,26)(H,27,28). The van der Waals surface area contributed by atoms with E-state index in [1.165, 1.54) is 5.38 Å². The zero-order valence-corrected chi connectivity index (χ0v) is 16.0. The number of halogens is 2. The van der Waals surface area contributed by atoms with Crippen LogP contribution in [0.15, 0.2) is 40.1 Å². The SMILES string of the molecule is Cc1ccc2oc(C(=O)Nc3csc(-c4ccc(F)c(O)c4F)c3C(=O)O)nc2c1. The number of carboxylic acids is 1. The summed E-state index contributed by atoms with van der Waals surface area (Å²) in [5.74, 6) is -6.21. The third kappa shape index (κ3) is 3.26. The van der Waals surface area contributed by atoms with E-state index in [1.54, 1.807) is 18.2 Å². The number of amides is 1. The highest BCUT2D eigenvalue weighted by atomic mass is 32.1. The Morgan fingerprint density at radius 3 is 2.70 bits per heavy atom. The van der Waals surface area contributed by atoms with Gasteiger partial charge >= 0.3 is 11.9 Å². The van der Waals surface area contributed by atoms with Gasteiger partial charge in [-0.2, -0.15) is 0 Å². The van der Waals surface area contributed by atoms with Crippen LogP contribution in [0.2, 0.25) is 0 Å². The molecule has 10 heteroatoms. The number of rotatable bonds is 4. The number of oxazole rings is 1. The normalized spacial score (nSPS) is 11.0. The van der Waals surface area contributed by atoms with Crippen LogP contribution in [-0.4, -0.2) is 27.1 Å². The molecule has 0 atom stereocenters. The lowest BCUT2D eigenvalue weighted by atomic mass is 10.1. The first kappa shape index (κ1) is 19.5. The molecule has 0 unspecified atom stereocenters. The molecule has 0 aliphatic carbocycles. The van der Waals surface area contributed by atoms with Crippen molar-refractivity contribution in [3.8, 4) is 16.2 Å². The Bertz CT molecular complexity index is 1330. The number of aryl methyl sites for hydroxylation is 1. The summed E-state index contributed by atoms with van der Waals surface area (Å²) in [4.78, 5) is 28.3. The summed E-state index contributed by atoms with van der Waals surface area (Å²) in [6.45, 7) is 1.85. The van der Waals surface area contributed by atoms with E-state index in [0.29, 0.717) is 11.1 Å². The smallest absolute Gasteiger partial charge is 0.339 e. The second kappa shape index (κ2) is 7.23. The highest BCUT2D eigenvalue weighted by molar-refractivity contribution is 7.14. The van der Waals surface area contributed by atoms with Crippen molar-refractivity contribution < 1.29 is 33.0 Å². The molecule has 7 nitrogen and oxygen atoms in total. The van der Waals surface area contributed by atoms with Gasteiger partial charge in [-0.25, -0.2) is 18.6 Å². The second-order valence-electron chi connectivity index (χ2n) is 6.36. The predicted molar refractivity (Wildman–Crippen MR) is 105 cm³/mol. The van der Waals surface area contributed by atoms with Crippen LogP contribution >= 0.6 is 11.3 Å². The Morgan fingerprint density at radius 2 is 1.97 bits per heavy atom. The quantitative estimate of drug-likeness (QED) is 0.429. The summed E-state index contributed by atoms with van der Waals surface area (Å²) in [5.41, 5.74) is 0.934. The molecule has 2 heterocycles. The summed E-state index contributed by atoms with van der Waals surface area (Å²) < 4.78 is 33.0. The maximum Gasteiger partial charge on any atom is 0.339 e. The molecule has 4 aromatic rings. The minimum atomic E-state index is -1.45. The molecule has 30 heavy (non-hydrogen) atoms. The number of hydrogen-bond donors (Lipinski definition) is 3. The molecule has 1 amide bonds. The molecular weight excluding hydrogens is 418 g/mol. The number of anilines is 1. The average molecular weight is 430 g/mol. The number of phenols is 1. The molecule has 0 bridgehead atoms. The van der Waals surface area contributed by atoms with E-state index in [9.17, 15) is 28.6 Å². The zero-order valence-electron chi connectivity index (χ0n) is 15.2. The fraction of sp³-hybridized carbons (Fsp3) is 0.0500. The minimum absolute atomic E-state index is 0.0983. The molecule has 0 radical (unpaired) electrons. The van der Waals surface area contributed by atoms with Crippen molar-refractivity contribution in [1.82, 2.24) is 4.98 Å². The Labute approximate surface area is 171 Å². The van der Waals surface area contributed by atoms with Crippen molar-refractivity contribution in [3.05, 3.63) is 64.4 Å². The minimum Gasteiger partial charge on any atom is -0.503 e. The molecule has 0 aliphatic rings. The Morgan fingerprint density at radius 1 is 1.20 bits per heavy atom. The Hall–Kier alpha value is -3.79. The number of aromatic carboxylic acids is 1. The fourth-order valence-corrected chi connectivity index (χ4v) is 3.90. The van der Waals surface area contributed by atoms with Crippen molar-refractivity contribution in [2.24, 2.45) is 0 Å². The van der Waals surface area contributed by atoms with E-state index >= 15 is 0 Å². The molecule has 4 rings (SSSR count). The van der Waals surface area contributed by atoms with E-state index < -0.39 is 34.8 Å². The second-order valence-corrected chi connectivity index (χ2v) is 7.24. The molecular formula is C20H12F2N2O5S. The number of carboxylic acid groups (broad SMARTS) is 1. The lowest BCUT2D eigenvalue weighted by Crippen LogP contribution is -2.14. The van der Waals surface area contributed by atoms with Gasteiger partial charge in [0.15, 0.2) is 23.0 Å². The highest BCUT2D eigenvalue weighted by Crippen LogP contribution is 2.40. The van der Waals surface area contributed by atoms with Gasteiger partial charge in [-0.15, -0.1) is 11.3 Å². The molecule has 3 N–H and O–H groups in total. The molecule has 2 aromatic carbocycles. The van der Waals surface area contributed by atoms with Gasteiger partial charge in [0, 0.05) is 10.9 Å². The van der Waals surface area contributed by atoms with Crippen LogP contribution < -0.4 is 5.32 Å². The summed E-state index contributed by atoms with van der Waals surface area (Å²) in [6.07, 6.45) is 0. The first-order valence-corrected chi connectivity index (χ1v) is 9.35. The van der Waals surface area contributed by atoms with Gasteiger partial charge in [0.25, 0.3) is 5.89 Å². The largest absolute Gasteiger partial charge is 0.503 e. The van der Waals surface area contributed by atoms with Gasteiger partial charge in [-0.1, -0.05) is 6.07 Å². The van der Waals surface area contributed by atoms with E-state index in [1.807, 2.05) is 6.92 Å². The summed E-state index contributed by atoms with van der Waals surface area (Å²) in [7, 11) is 0. The van der Waals surface area contributed by atoms with Crippen LogP contribution in [0.3, 0.4) is 0 Å². The fourth-order valence-electron chi connectivity index (χ4n) is 2.89. The number of aromatic hydroxyl groups is 1. The van der Waals surface area contributed by atoms with Crippen LogP contribution in [0.4, 0.5) is 14.5 Å². The summed E-state index contributed by atoms with van der Waals surface area (Å²) in [6, 6.07) is 7.00. The number of hydrogen-bond acceptors (Lipinski definition) is 6. The third-order valence-electron chi connectivity index (χ3n) is 4.30. The third-order valence-corrected chi connectivity index (χ3v) is 5.32. The number of phenolic OH excluding ortho intramolecular Hbond substituents is 1. The maximum atomic E-state index is 14.3. The topological polar surface area (TPSA) is 113 Å². The summed E-state index contributed by atoms with van der Waals surface area (Å²) >= 11 is 0.810. The molecule has 0 aliphatic heterocycles.